The number of hydrogen-bond acceptors (Lipinski definition) is 5. The van der Waals surface area contributed by atoms with Crippen molar-refractivity contribution in [3.63, 3.8) is 0 Å². The predicted molar refractivity (Wildman–Crippen MR) is 109 cm³/mol. The fourth-order valence-corrected chi connectivity index (χ4v) is 3.56. The zero-order chi connectivity index (χ0) is 16.7. The first kappa shape index (κ1) is 20.7. The monoisotopic (exact) mass is 396 g/mol. The molecule has 1 fully saturated rings. The van der Waals surface area contributed by atoms with E-state index in [2.05, 4.69) is 53.4 Å². The highest BCUT2D eigenvalue weighted by molar-refractivity contribution is 5.85. The lowest BCUT2D eigenvalue weighted by atomic mass is 9.79. The third kappa shape index (κ3) is 4.40. The highest BCUT2D eigenvalue weighted by Gasteiger charge is 2.30. The number of rotatable bonds is 4. The van der Waals surface area contributed by atoms with Crippen molar-refractivity contribution in [1.29, 1.82) is 0 Å². The molecule has 0 unspecified atom stereocenters. The summed E-state index contributed by atoms with van der Waals surface area (Å²) in [7, 11) is 0. The van der Waals surface area contributed by atoms with Crippen LogP contribution in [0.1, 0.15) is 49.4 Å². The number of aromatic nitrogens is 2. The van der Waals surface area contributed by atoms with E-state index in [1.165, 1.54) is 11.1 Å². The quantitative estimate of drug-likeness (QED) is 0.820. The Hall–Kier alpha value is -1.56. The molecule has 0 bridgehead atoms. The molecule has 0 saturated heterocycles. The second-order valence-corrected chi connectivity index (χ2v) is 7.59. The molecule has 0 spiro atoms. The molecule has 1 aliphatic heterocycles. The SMILES string of the molecule is CC1(C)Cc2cc(CNc3cc(C4CC(N)C4)ncn3)ccc2O1.Cl.Cl. The molecule has 0 amide bonds. The smallest absolute Gasteiger partial charge is 0.129 e. The lowest BCUT2D eigenvalue weighted by Gasteiger charge is -2.31. The van der Waals surface area contributed by atoms with Crippen LogP contribution in [0.5, 0.6) is 5.75 Å². The van der Waals surface area contributed by atoms with Gasteiger partial charge < -0.3 is 15.8 Å². The third-order valence-corrected chi connectivity index (χ3v) is 4.88. The number of anilines is 1. The molecule has 1 aromatic carbocycles. The van der Waals surface area contributed by atoms with Crippen molar-refractivity contribution in [2.45, 2.75) is 57.2 Å². The van der Waals surface area contributed by atoms with Crippen LogP contribution in [0.4, 0.5) is 5.82 Å². The highest BCUT2D eigenvalue weighted by Crippen LogP contribution is 2.36. The number of nitrogens with one attached hydrogen (secondary N) is 1. The van der Waals surface area contributed by atoms with Crippen molar-refractivity contribution in [3.8, 4) is 5.75 Å². The summed E-state index contributed by atoms with van der Waals surface area (Å²) in [4.78, 5) is 8.72. The van der Waals surface area contributed by atoms with Gasteiger partial charge >= 0.3 is 0 Å². The van der Waals surface area contributed by atoms with E-state index >= 15 is 0 Å². The molecule has 2 heterocycles. The molecule has 1 aliphatic carbocycles. The molecule has 2 aliphatic rings. The van der Waals surface area contributed by atoms with Gasteiger partial charge in [0.2, 0.25) is 0 Å². The van der Waals surface area contributed by atoms with Gasteiger partial charge in [0, 0.05) is 36.7 Å². The summed E-state index contributed by atoms with van der Waals surface area (Å²) in [5.41, 5.74) is 9.39. The van der Waals surface area contributed by atoms with Crippen LogP contribution in [0.15, 0.2) is 30.6 Å². The van der Waals surface area contributed by atoms with Gasteiger partial charge in [-0.05, 0) is 43.9 Å². The van der Waals surface area contributed by atoms with Gasteiger partial charge in [-0.1, -0.05) is 12.1 Å². The van der Waals surface area contributed by atoms with Gasteiger partial charge in [0.25, 0.3) is 0 Å². The van der Waals surface area contributed by atoms with Gasteiger partial charge in [0.05, 0.1) is 0 Å². The van der Waals surface area contributed by atoms with Crippen molar-refractivity contribution < 1.29 is 4.74 Å². The maximum atomic E-state index is 5.93. The molecule has 0 atom stereocenters. The molecule has 142 valence electrons. The Morgan fingerprint density at radius 1 is 1.19 bits per heavy atom. The van der Waals surface area contributed by atoms with E-state index in [0.717, 1.165) is 43.1 Å². The van der Waals surface area contributed by atoms with Crippen molar-refractivity contribution in [2.75, 3.05) is 5.32 Å². The van der Waals surface area contributed by atoms with Crippen LogP contribution in [0, 0.1) is 0 Å². The van der Waals surface area contributed by atoms with Crippen molar-refractivity contribution in [3.05, 3.63) is 47.4 Å². The summed E-state index contributed by atoms with van der Waals surface area (Å²) >= 11 is 0. The van der Waals surface area contributed by atoms with Crippen molar-refractivity contribution in [1.82, 2.24) is 9.97 Å². The average molecular weight is 397 g/mol. The van der Waals surface area contributed by atoms with E-state index in [0.29, 0.717) is 12.0 Å². The van der Waals surface area contributed by atoms with E-state index in [9.17, 15) is 0 Å². The van der Waals surface area contributed by atoms with Gasteiger partial charge in [0.15, 0.2) is 0 Å². The van der Waals surface area contributed by atoms with Crippen LogP contribution in [0.2, 0.25) is 0 Å². The lowest BCUT2D eigenvalue weighted by molar-refractivity contribution is 0.138. The van der Waals surface area contributed by atoms with E-state index in [1.807, 2.05) is 0 Å². The lowest BCUT2D eigenvalue weighted by Crippen LogP contribution is -2.35. The number of benzene rings is 1. The molecule has 4 rings (SSSR count). The number of fused-ring (bicyclic) bond motifs is 1. The summed E-state index contributed by atoms with van der Waals surface area (Å²) in [5, 5.41) is 3.40. The Bertz CT molecular complexity index is 763. The first-order chi connectivity index (χ1) is 11.5. The number of hydrogen-bond donors (Lipinski definition) is 2. The maximum absolute atomic E-state index is 5.93. The molecule has 0 radical (unpaired) electrons. The normalized spacial score (nSPS) is 22.1. The summed E-state index contributed by atoms with van der Waals surface area (Å²) in [5.74, 6) is 2.37. The van der Waals surface area contributed by atoms with Gasteiger partial charge in [-0.25, -0.2) is 9.97 Å². The molecular weight excluding hydrogens is 371 g/mol. The molecule has 2 aromatic rings. The molecule has 1 saturated carbocycles. The summed E-state index contributed by atoms with van der Waals surface area (Å²) < 4.78 is 5.93. The zero-order valence-corrected chi connectivity index (χ0v) is 16.7. The summed E-state index contributed by atoms with van der Waals surface area (Å²) in [6.07, 6.45) is 4.64. The molecule has 7 heteroatoms. The standard InChI is InChI=1S/C19H24N4O.2ClH/c1-19(2)9-14-5-12(3-4-17(14)24-19)10-21-18-8-16(22-11-23-18)13-6-15(20)7-13;;/h3-5,8,11,13,15H,6-7,9-10,20H2,1-2H3,(H,21,22,23);2*1H. The Labute approximate surface area is 167 Å². The Morgan fingerprint density at radius 3 is 2.69 bits per heavy atom. The number of halogens is 2. The highest BCUT2D eigenvalue weighted by atomic mass is 35.5. The predicted octanol–water partition coefficient (Wildman–Crippen LogP) is 3.85. The first-order valence-electron chi connectivity index (χ1n) is 8.61. The zero-order valence-electron chi connectivity index (χ0n) is 15.1. The van der Waals surface area contributed by atoms with Crippen LogP contribution < -0.4 is 15.8 Å². The van der Waals surface area contributed by atoms with Gasteiger partial charge in [0.1, 0.15) is 23.5 Å². The molecular formula is C19H26Cl2N4O. The number of nitrogens with zero attached hydrogens (tertiary/aromatic N) is 2. The average Bonchev–Trinajstić information content (AvgIpc) is 2.83. The minimum Gasteiger partial charge on any atom is -0.487 e. The number of ether oxygens (including phenoxy) is 1. The minimum atomic E-state index is -0.0977. The Kier molecular flexibility index (Phi) is 6.37. The van der Waals surface area contributed by atoms with Crippen LogP contribution in [-0.4, -0.2) is 21.6 Å². The van der Waals surface area contributed by atoms with E-state index in [1.54, 1.807) is 6.33 Å². The third-order valence-electron chi connectivity index (χ3n) is 4.88. The first-order valence-corrected chi connectivity index (χ1v) is 8.61. The topological polar surface area (TPSA) is 73.1 Å². The van der Waals surface area contributed by atoms with E-state index in [4.69, 9.17) is 10.5 Å². The second kappa shape index (κ2) is 7.99. The molecule has 3 N–H and O–H groups in total. The van der Waals surface area contributed by atoms with Crippen LogP contribution in [0.25, 0.3) is 0 Å². The van der Waals surface area contributed by atoms with E-state index < -0.39 is 0 Å². The molecule has 5 nitrogen and oxygen atoms in total. The van der Waals surface area contributed by atoms with E-state index in [-0.39, 0.29) is 30.4 Å². The second-order valence-electron chi connectivity index (χ2n) is 7.59. The molecule has 26 heavy (non-hydrogen) atoms. The molecule has 1 aromatic heterocycles. The van der Waals surface area contributed by atoms with Crippen molar-refractivity contribution in [2.24, 2.45) is 5.73 Å². The van der Waals surface area contributed by atoms with Crippen LogP contribution >= 0.6 is 24.8 Å². The maximum Gasteiger partial charge on any atom is 0.129 e. The van der Waals surface area contributed by atoms with Gasteiger partial charge in [-0.3, -0.25) is 0 Å². The van der Waals surface area contributed by atoms with Crippen LogP contribution in [0.3, 0.4) is 0 Å². The largest absolute Gasteiger partial charge is 0.487 e. The summed E-state index contributed by atoms with van der Waals surface area (Å²) in [6, 6.07) is 8.79. The fourth-order valence-electron chi connectivity index (χ4n) is 3.56. The van der Waals surface area contributed by atoms with Crippen molar-refractivity contribution >= 4 is 30.6 Å². The minimum absolute atomic E-state index is 0. The number of nitrogens with two attached hydrogens (primary N) is 1. The fraction of sp³-hybridized carbons (Fsp3) is 0.474. The summed E-state index contributed by atoms with van der Waals surface area (Å²) in [6.45, 7) is 4.99. The van der Waals surface area contributed by atoms with Gasteiger partial charge in [-0.15, -0.1) is 24.8 Å². The van der Waals surface area contributed by atoms with Crippen LogP contribution in [-0.2, 0) is 13.0 Å². The Morgan fingerprint density at radius 2 is 1.96 bits per heavy atom. The Balaban J connectivity index is 0.00000121. The van der Waals surface area contributed by atoms with Gasteiger partial charge in [-0.2, -0.15) is 0 Å².